The van der Waals surface area contributed by atoms with E-state index in [0.717, 1.165) is 9.80 Å². The minimum atomic E-state index is -0.821. The van der Waals surface area contributed by atoms with Crippen molar-refractivity contribution in [2.75, 3.05) is 42.3 Å². The zero-order valence-electron chi connectivity index (χ0n) is 40.9. The van der Waals surface area contributed by atoms with Crippen LogP contribution < -0.4 is 21.8 Å². The molecule has 0 fully saturated rings. The van der Waals surface area contributed by atoms with Crippen LogP contribution in [0.15, 0.2) is 46.0 Å². The van der Waals surface area contributed by atoms with Crippen LogP contribution in [0.3, 0.4) is 0 Å². The molecule has 0 unspecified atom stereocenters. The molecule has 20 nitrogen and oxygen atoms in total. The molecule has 0 aliphatic carbocycles. The van der Waals surface area contributed by atoms with Crippen molar-refractivity contribution in [3.8, 4) is 11.5 Å². The Kier molecular flexibility index (Phi) is 18.5. The monoisotopic (exact) mass is 990 g/mol. The molecule has 0 radical (unpaired) electrons. The Hall–Kier alpha value is -7.52. The number of likely N-dealkylation sites (N-methyl/N-ethyl adjacent to an activating group) is 4. The smallest absolute Gasteiger partial charge is 0.312 e. The molecule has 71 heavy (non-hydrogen) atoms. The molecule has 0 bridgehead atoms. The van der Waals surface area contributed by atoms with Gasteiger partial charge in [0.25, 0.3) is 22.9 Å². The number of nitrogens with one attached hydrogen (secondary N) is 2. The largest absolute Gasteiger partial charge is 0.501 e. The summed E-state index contributed by atoms with van der Waals surface area (Å²) >= 11 is 0. The maximum atomic E-state index is 13.8. The van der Waals surface area contributed by atoms with Crippen molar-refractivity contribution >= 4 is 35.4 Å². The predicted octanol–water partition coefficient (Wildman–Crippen LogP) is 3.95. The summed E-state index contributed by atoms with van der Waals surface area (Å²) in [5.41, 5.74) is -0.686. The van der Waals surface area contributed by atoms with E-state index in [0.29, 0.717) is 60.8 Å². The number of fused-ring (bicyclic) bond motifs is 2. The molecule has 4 N–H and O–H groups in total. The lowest BCUT2D eigenvalue weighted by atomic mass is 10.1. The molecule has 384 valence electrons. The van der Waals surface area contributed by atoms with Crippen molar-refractivity contribution in [3.05, 3.63) is 114 Å². The Morgan fingerprint density at radius 1 is 0.606 bits per heavy atom. The fraction of sp³-hybridized carbons (Fsp3) is 0.469. The van der Waals surface area contributed by atoms with Crippen molar-refractivity contribution in [1.29, 1.82) is 0 Å². The first-order chi connectivity index (χ1) is 32.9. The first kappa shape index (κ1) is 56.1. The number of rotatable bonds is 8. The van der Waals surface area contributed by atoms with Crippen LogP contribution in [0, 0.1) is 25.5 Å². The molecule has 2 aliphatic rings. The first-order valence-electron chi connectivity index (χ1n) is 22.6. The Balaban J connectivity index is 0.000000304. The first-order valence-corrected chi connectivity index (χ1v) is 22.6. The van der Waals surface area contributed by atoms with Gasteiger partial charge in [-0.25, -0.2) is 18.7 Å². The van der Waals surface area contributed by atoms with Gasteiger partial charge in [-0.2, -0.15) is 0 Å². The van der Waals surface area contributed by atoms with E-state index in [4.69, 9.17) is 0 Å². The number of aromatic nitrogens is 4. The summed E-state index contributed by atoms with van der Waals surface area (Å²) in [5.74, 6) is -6.91. The van der Waals surface area contributed by atoms with Crippen LogP contribution >= 0.6 is 0 Å². The van der Waals surface area contributed by atoms with Gasteiger partial charge in [0.1, 0.15) is 23.3 Å². The van der Waals surface area contributed by atoms with Gasteiger partial charge in [-0.1, -0.05) is 31.7 Å². The highest BCUT2D eigenvalue weighted by Crippen LogP contribution is 2.34. The van der Waals surface area contributed by atoms with E-state index in [1.54, 1.807) is 52.0 Å². The number of aromatic hydroxyl groups is 2. The van der Waals surface area contributed by atoms with E-state index in [2.05, 4.69) is 20.6 Å². The Morgan fingerprint density at radius 2 is 0.944 bits per heavy atom. The number of benzene rings is 2. The van der Waals surface area contributed by atoms with E-state index in [1.165, 1.54) is 73.4 Å². The van der Waals surface area contributed by atoms with Crippen LogP contribution in [-0.4, -0.2) is 127 Å². The molecule has 4 aromatic rings. The number of aryl methyl sites for hydroxylation is 2. The van der Waals surface area contributed by atoms with E-state index in [1.807, 2.05) is 0 Å². The molecule has 2 aromatic heterocycles. The van der Waals surface area contributed by atoms with Gasteiger partial charge in [0.05, 0.1) is 12.1 Å². The van der Waals surface area contributed by atoms with Crippen LogP contribution in [0.1, 0.15) is 139 Å². The van der Waals surface area contributed by atoms with Gasteiger partial charge in [-0.15, -0.1) is 0 Å². The van der Waals surface area contributed by atoms with E-state index < -0.39 is 93.2 Å². The number of halogens is 2. The third-order valence-electron chi connectivity index (χ3n) is 12.5. The lowest BCUT2D eigenvalue weighted by Gasteiger charge is -2.29. The summed E-state index contributed by atoms with van der Waals surface area (Å²) in [5, 5.41) is 26.2. The number of amides is 6. The highest BCUT2D eigenvalue weighted by atomic mass is 19.1. The lowest BCUT2D eigenvalue weighted by molar-refractivity contribution is -0.151. The van der Waals surface area contributed by atoms with Gasteiger partial charge < -0.3 is 40.4 Å². The van der Waals surface area contributed by atoms with Gasteiger partial charge in [-0.3, -0.25) is 47.5 Å². The molecule has 0 saturated heterocycles. The third kappa shape index (κ3) is 12.3. The molecule has 2 aliphatic heterocycles. The van der Waals surface area contributed by atoms with Crippen molar-refractivity contribution in [2.45, 2.75) is 111 Å². The summed E-state index contributed by atoms with van der Waals surface area (Å²) in [6.45, 7) is 6.71. The van der Waals surface area contributed by atoms with Crippen molar-refractivity contribution < 1.29 is 47.8 Å². The maximum absolute atomic E-state index is 13.8. The van der Waals surface area contributed by atoms with Gasteiger partial charge >= 0.3 is 23.6 Å². The molecule has 2 aromatic carbocycles. The minimum Gasteiger partial charge on any atom is -0.501 e. The number of nitrogens with zero attached hydrogens (tertiary/aromatic N) is 8. The van der Waals surface area contributed by atoms with Crippen molar-refractivity contribution in [2.24, 2.45) is 0 Å². The molecule has 0 saturated carbocycles. The van der Waals surface area contributed by atoms with E-state index in [-0.39, 0.29) is 44.2 Å². The van der Waals surface area contributed by atoms with Gasteiger partial charge in [0, 0.05) is 67.5 Å². The minimum absolute atomic E-state index is 0. The number of carbonyl (C=O) groups excluding carboxylic acids is 6. The molecule has 4 heterocycles. The Labute approximate surface area is 410 Å². The second-order valence-electron chi connectivity index (χ2n) is 18.0. The van der Waals surface area contributed by atoms with Gasteiger partial charge in [0.15, 0.2) is 11.4 Å². The van der Waals surface area contributed by atoms with E-state index >= 15 is 0 Å². The van der Waals surface area contributed by atoms with E-state index in [9.17, 15) is 57.4 Å². The topological polar surface area (TPSA) is 250 Å². The molecule has 0 spiro atoms. The highest BCUT2D eigenvalue weighted by molar-refractivity contribution is 6.35. The standard InChI is InChI=1S/2C24H30FN5O5.CH4/c2*1-13-9-10-15(11-16(13)25)12-26-21(32)18-19(31)22(33)30-14(2)7-6-8-17(20(30)27-18)29(5)24(35)23(34)28(3)4;/h2*9-11,14,17,31H,6-8,12H2,1-5H3,(H,26,32);1H4/t2*14-,17-;/m10./s1. The zero-order valence-corrected chi connectivity index (χ0v) is 40.9. The SMILES string of the molecule is C.Cc1ccc(CNC(=O)c2nc3n(c(=O)c2O)[C@@H](C)CCC[C@@H]3N(C)C(=O)C(=O)N(C)C)cc1F.Cc1ccc(CNC(=O)c2nc3n(c(=O)c2O)[C@H](C)CCC[C@H]3N(C)C(=O)C(=O)N(C)C)cc1F. The highest BCUT2D eigenvalue weighted by Gasteiger charge is 2.37. The average molecular weight is 991 g/mol. The van der Waals surface area contributed by atoms with Crippen LogP contribution in [0.2, 0.25) is 0 Å². The van der Waals surface area contributed by atoms with Crippen LogP contribution in [-0.2, 0) is 32.3 Å². The number of hydrogen-bond donors (Lipinski definition) is 4. The maximum Gasteiger partial charge on any atom is 0.312 e. The summed E-state index contributed by atoms with van der Waals surface area (Å²) in [7, 11) is 8.72. The quantitative estimate of drug-likeness (QED) is 0.183. The van der Waals surface area contributed by atoms with Crippen LogP contribution in [0.4, 0.5) is 8.78 Å². The molecule has 4 atom stereocenters. The third-order valence-corrected chi connectivity index (χ3v) is 12.5. The van der Waals surface area contributed by atoms with Crippen LogP contribution in [0.5, 0.6) is 11.5 Å². The average Bonchev–Trinajstić information content (AvgIpc) is 3.60. The molecular weight excluding hydrogens is 927 g/mol. The predicted molar refractivity (Wildman–Crippen MR) is 257 cm³/mol. The van der Waals surface area contributed by atoms with Crippen LogP contribution in [0.25, 0.3) is 0 Å². The normalized spacial score (nSPS) is 17.0. The lowest BCUT2D eigenvalue weighted by Crippen LogP contribution is -2.44. The fourth-order valence-corrected chi connectivity index (χ4v) is 8.18. The summed E-state index contributed by atoms with van der Waals surface area (Å²) in [4.78, 5) is 115. The van der Waals surface area contributed by atoms with Crippen molar-refractivity contribution in [1.82, 2.24) is 49.3 Å². The van der Waals surface area contributed by atoms with Crippen molar-refractivity contribution in [3.63, 3.8) is 0 Å². The van der Waals surface area contributed by atoms with Gasteiger partial charge in [0.2, 0.25) is 11.5 Å². The Bertz CT molecular complexity index is 2640. The van der Waals surface area contributed by atoms with Gasteiger partial charge in [-0.05, 0) is 101 Å². The molecule has 6 rings (SSSR count). The molecule has 6 amide bonds. The molecular formula is C49H64F2N10O10. The molecule has 22 heteroatoms. The summed E-state index contributed by atoms with van der Waals surface area (Å²) in [6, 6.07) is 6.82. The zero-order chi connectivity index (χ0) is 52.0. The second kappa shape index (κ2) is 23.4. The Morgan fingerprint density at radius 3 is 1.25 bits per heavy atom. The number of hydrogen-bond acceptors (Lipinski definition) is 12. The number of carbonyl (C=O) groups is 6. The fourth-order valence-electron chi connectivity index (χ4n) is 8.18. The second-order valence-corrected chi connectivity index (χ2v) is 18.0. The summed E-state index contributed by atoms with van der Waals surface area (Å²) < 4.78 is 30.2. The summed E-state index contributed by atoms with van der Waals surface area (Å²) in [6.07, 6.45) is 3.24.